The van der Waals surface area contributed by atoms with Crippen molar-refractivity contribution < 1.29 is 9.47 Å². The third-order valence-electron chi connectivity index (χ3n) is 5.07. The Morgan fingerprint density at radius 3 is 2.76 bits per heavy atom. The summed E-state index contributed by atoms with van der Waals surface area (Å²) in [7, 11) is 0. The maximum absolute atomic E-state index is 13.2. The molecule has 2 N–H and O–H groups in total. The lowest BCUT2D eigenvalue weighted by atomic mass is 9.96. The van der Waals surface area contributed by atoms with Gasteiger partial charge in [0.15, 0.2) is 16.9 Å². The van der Waals surface area contributed by atoms with Crippen LogP contribution in [0.1, 0.15) is 12.0 Å². The number of anilines is 1. The van der Waals surface area contributed by atoms with E-state index in [2.05, 4.69) is 10.6 Å². The van der Waals surface area contributed by atoms with E-state index in [1.54, 1.807) is 0 Å². The summed E-state index contributed by atoms with van der Waals surface area (Å²) in [5, 5.41) is 0.733. The van der Waals surface area contributed by atoms with E-state index >= 15 is 0 Å². The van der Waals surface area contributed by atoms with E-state index in [4.69, 9.17) is 15.2 Å². The maximum atomic E-state index is 13.2. The highest BCUT2D eigenvalue weighted by atomic mass is 16.6. The second-order valence-electron chi connectivity index (χ2n) is 6.52. The second-order valence-corrected chi connectivity index (χ2v) is 6.52. The Bertz CT molecular complexity index is 1070. The standard InChI is InChI=1S/C20H18N2O3/c21-20-17(13-6-7-15-16(11-13)25-10-9-24-15)19(23)14-5-1-3-12-4-2-8-22(20)18(12)14/h1,3,5-7,11H,2,4,8-10,21H2. The number of fused-ring (bicyclic) bond motifs is 1. The molecule has 0 radical (unpaired) electrons. The van der Waals surface area contributed by atoms with Crippen LogP contribution in [0.4, 0.5) is 5.82 Å². The van der Waals surface area contributed by atoms with Crippen LogP contribution in [0.2, 0.25) is 0 Å². The minimum atomic E-state index is -0.0239. The lowest BCUT2D eigenvalue weighted by molar-refractivity contribution is 0.171. The smallest absolute Gasteiger partial charge is 0.199 e. The van der Waals surface area contributed by atoms with Crippen molar-refractivity contribution in [1.29, 1.82) is 0 Å². The lowest BCUT2D eigenvalue weighted by Gasteiger charge is -2.24. The fourth-order valence-electron chi connectivity index (χ4n) is 3.94. The molecule has 5 nitrogen and oxygen atoms in total. The Morgan fingerprint density at radius 2 is 1.88 bits per heavy atom. The van der Waals surface area contributed by atoms with Gasteiger partial charge in [0.1, 0.15) is 19.0 Å². The van der Waals surface area contributed by atoms with Gasteiger partial charge < -0.3 is 19.8 Å². The predicted octanol–water partition coefficient (Wildman–Crippen LogP) is 2.97. The van der Waals surface area contributed by atoms with E-state index < -0.39 is 0 Å². The molecule has 3 heterocycles. The number of pyridine rings is 1. The number of aryl methyl sites for hydroxylation is 2. The number of para-hydroxylation sites is 1. The van der Waals surface area contributed by atoms with Crippen LogP contribution in [0.3, 0.4) is 0 Å². The number of nitrogens with zero attached hydrogens (tertiary/aromatic N) is 1. The van der Waals surface area contributed by atoms with Gasteiger partial charge in [-0.1, -0.05) is 18.2 Å². The Morgan fingerprint density at radius 1 is 1.04 bits per heavy atom. The molecule has 3 aromatic rings. The molecular weight excluding hydrogens is 316 g/mol. The third-order valence-corrected chi connectivity index (χ3v) is 5.07. The second kappa shape index (κ2) is 5.28. The topological polar surface area (TPSA) is 66.5 Å². The number of hydrogen-bond donors (Lipinski definition) is 1. The molecule has 0 saturated heterocycles. The molecule has 0 amide bonds. The van der Waals surface area contributed by atoms with Gasteiger partial charge in [-0.05, 0) is 42.2 Å². The molecule has 0 saturated carbocycles. The number of aromatic nitrogens is 1. The van der Waals surface area contributed by atoms with Crippen LogP contribution in [0, 0.1) is 0 Å². The summed E-state index contributed by atoms with van der Waals surface area (Å²) in [6, 6.07) is 11.5. The fourth-order valence-corrected chi connectivity index (χ4v) is 3.94. The van der Waals surface area contributed by atoms with Crippen molar-refractivity contribution in [3.63, 3.8) is 0 Å². The summed E-state index contributed by atoms with van der Waals surface area (Å²) in [5.41, 5.74) is 9.93. The highest BCUT2D eigenvalue weighted by Crippen LogP contribution is 2.37. The van der Waals surface area contributed by atoms with Crippen molar-refractivity contribution in [2.45, 2.75) is 19.4 Å². The van der Waals surface area contributed by atoms with E-state index in [1.807, 2.05) is 30.3 Å². The molecule has 0 bridgehead atoms. The van der Waals surface area contributed by atoms with Crippen molar-refractivity contribution in [1.82, 2.24) is 4.57 Å². The van der Waals surface area contributed by atoms with Crippen molar-refractivity contribution in [3.05, 3.63) is 52.2 Å². The zero-order valence-electron chi connectivity index (χ0n) is 13.7. The van der Waals surface area contributed by atoms with Gasteiger partial charge in [0.25, 0.3) is 0 Å². The summed E-state index contributed by atoms with van der Waals surface area (Å²) < 4.78 is 13.3. The molecule has 0 aliphatic carbocycles. The lowest BCUT2D eigenvalue weighted by Crippen LogP contribution is -2.21. The summed E-state index contributed by atoms with van der Waals surface area (Å²) >= 11 is 0. The molecule has 2 aliphatic rings. The molecule has 2 aliphatic heterocycles. The molecular formula is C20H18N2O3. The summed E-state index contributed by atoms with van der Waals surface area (Å²) in [5.74, 6) is 1.90. The van der Waals surface area contributed by atoms with Crippen molar-refractivity contribution >= 4 is 16.7 Å². The summed E-state index contributed by atoms with van der Waals surface area (Å²) in [6.07, 6.45) is 2.01. The minimum absolute atomic E-state index is 0.0239. The van der Waals surface area contributed by atoms with Crippen LogP contribution in [-0.2, 0) is 13.0 Å². The molecule has 0 spiro atoms. The zero-order valence-corrected chi connectivity index (χ0v) is 13.7. The molecule has 126 valence electrons. The van der Waals surface area contributed by atoms with Crippen LogP contribution >= 0.6 is 0 Å². The van der Waals surface area contributed by atoms with Crippen LogP contribution < -0.4 is 20.6 Å². The van der Waals surface area contributed by atoms with Gasteiger partial charge in [-0.25, -0.2) is 0 Å². The average molecular weight is 334 g/mol. The van der Waals surface area contributed by atoms with E-state index in [0.717, 1.165) is 35.9 Å². The van der Waals surface area contributed by atoms with E-state index in [-0.39, 0.29) is 5.43 Å². The molecule has 0 fully saturated rings. The monoisotopic (exact) mass is 334 g/mol. The van der Waals surface area contributed by atoms with Gasteiger partial charge >= 0.3 is 0 Å². The van der Waals surface area contributed by atoms with Crippen LogP contribution in [0.25, 0.3) is 22.0 Å². The van der Waals surface area contributed by atoms with E-state index in [9.17, 15) is 4.79 Å². The average Bonchev–Trinajstić information content (AvgIpc) is 2.66. The number of benzene rings is 2. The van der Waals surface area contributed by atoms with Crippen LogP contribution in [0.5, 0.6) is 11.5 Å². The summed E-state index contributed by atoms with van der Waals surface area (Å²) in [6.45, 7) is 1.88. The highest BCUT2D eigenvalue weighted by molar-refractivity contribution is 5.92. The summed E-state index contributed by atoms with van der Waals surface area (Å²) in [4.78, 5) is 13.2. The first kappa shape index (κ1) is 14.4. The molecule has 25 heavy (non-hydrogen) atoms. The number of hydrogen-bond acceptors (Lipinski definition) is 4. The van der Waals surface area contributed by atoms with Gasteiger partial charge in [-0.15, -0.1) is 0 Å². The predicted molar refractivity (Wildman–Crippen MR) is 97.4 cm³/mol. The van der Waals surface area contributed by atoms with Gasteiger partial charge in [-0.3, -0.25) is 4.79 Å². The SMILES string of the molecule is Nc1c(-c2ccc3c(c2)OCCO3)c(=O)c2cccc3c2n1CCC3. The normalized spacial score (nSPS) is 15.4. The maximum Gasteiger partial charge on any atom is 0.199 e. The van der Waals surface area contributed by atoms with Gasteiger partial charge in [-0.2, -0.15) is 0 Å². The molecule has 5 rings (SSSR count). The highest BCUT2D eigenvalue weighted by Gasteiger charge is 2.22. The van der Waals surface area contributed by atoms with Crippen molar-refractivity contribution in [2.75, 3.05) is 18.9 Å². The van der Waals surface area contributed by atoms with Crippen molar-refractivity contribution in [2.24, 2.45) is 0 Å². The van der Waals surface area contributed by atoms with Gasteiger partial charge in [0.05, 0.1) is 11.1 Å². The Hall–Kier alpha value is -2.95. The third kappa shape index (κ3) is 2.05. The number of nitrogen functional groups attached to an aromatic ring is 1. The van der Waals surface area contributed by atoms with E-state index in [0.29, 0.717) is 36.1 Å². The van der Waals surface area contributed by atoms with Crippen LogP contribution in [0.15, 0.2) is 41.2 Å². The number of rotatable bonds is 1. The van der Waals surface area contributed by atoms with E-state index in [1.165, 1.54) is 5.56 Å². The molecule has 0 unspecified atom stereocenters. The Labute approximate surface area is 144 Å². The number of ether oxygens (including phenoxy) is 2. The minimum Gasteiger partial charge on any atom is -0.486 e. The molecule has 5 heteroatoms. The molecule has 1 aromatic heterocycles. The van der Waals surface area contributed by atoms with Crippen molar-refractivity contribution in [3.8, 4) is 22.6 Å². The Kier molecular flexibility index (Phi) is 3.04. The quantitative estimate of drug-likeness (QED) is 0.743. The fraction of sp³-hybridized carbons (Fsp3) is 0.250. The molecule has 0 atom stereocenters. The van der Waals surface area contributed by atoms with Gasteiger partial charge in [0.2, 0.25) is 0 Å². The molecule has 2 aromatic carbocycles. The zero-order chi connectivity index (χ0) is 17.0. The largest absolute Gasteiger partial charge is 0.486 e. The number of nitrogens with two attached hydrogens (primary N) is 1. The Balaban J connectivity index is 1.82. The van der Waals surface area contributed by atoms with Gasteiger partial charge in [0, 0.05) is 11.9 Å². The first-order valence-electron chi connectivity index (χ1n) is 8.58. The first-order valence-corrected chi connectivity index (χ1v) is 8.58. The first-order chi connectivity index (χ1) is 12.2. The van der Waals surface area contributed by atoms with Crippen LogP contribution in [-0.4, -0.2) is 17.8 Å².